The van der Waals surface area contributed by atoms with Crippen LogP contribution in [0.5, 0.6) is 0 Å². The van der Waals surface area contributed by atoms with Gasteiger partial charge in [-0.15, -0.1) is 11.3 Å². The summed E-state index contributed by atoms with van der Waals surface area (Å²) in [4.78, 5) is 1.23. The van der Waals surface area contributed by atoms with E-state index in [1.54, 1.807) is 11.3 Å². The second-order valence-corrected chi connectivity index (χ2v) is 5.17. The summed E-state index contributed by atoms with van der Waals surface area (Å²) in [6.45, 7) is 5.86. The average Bonchev–Trinajstić information content (AvgIpc) is 2.89. The number of hydrogen-bond donors (Lipinski definition) is 0. The first-order valence-electron chi connectivity index (χ1n) is 6.81. The van der Waals surface area contributed by atoms with Gasteiger partial charge in [0.05, 0.1) is 0 Å². The molecule has 0 saturated carbocycles. The van der Waals surface area contributed by atoms with Crippen LogP contribution in [0.4, 0.5) is 0 Å². The van der Waals surface area contributed by atoms with Crippen molar-refractivity contribution in [3.63, 3.8) is 0 Å². The van der Waals surface area contributed by atoms with Gasteiger partial charge in [-0.05, 0) is 24.3 Å². The molecule has 0 saturated heterocycles. The molecule has 0 aliphatic carbocycles. The minimum Gasteiger partial charge on any atom is -0.408 e. The third kappa shape index (κ3) is 6.99. The van der Waals surface area contributed by atoms with Gasteiger partial charge in [-0.25, -0.2) is 0 Å². The van der Waals surface area contributed by atoms with E-state index in [4.69, 9.17) is 9.31 Å². The van der Waals surface area contributed by atoms with Crippen LogP contribution >= 0.6 is 11.3 Å². The number of hydrogen-bond acceptors (Lipinski definition) is 3. The minimum atomic E-state index is -0.204. The zero-order chi connectivity index (χ0) is 13.1. The van der Waals surface area contributed by atoms with E-state index < -0.39 is 0 Å². The van der Waals surface area contributed by atoms with E-state index in [1.165, 1.54) is 4.88 Å². The van der Waals surface area contributed by atoms with Crippen LogP contribution in [0.15, 0.2) is 23.5 Å². The first-order valence-corrected chi connectivity index (χ1v) is 7.69. The Hall–Kier alpha value is -0.575. The van der Waals surface area contributed by atoms with Crippen LogP contribution in [-0.4, -0.2) is 20.3 Å². The van der Waals surface area contributed by atoms with E-state index in [2.05, 4.69) is 37.4 Å². The molecule has 1 aromatic heterocycles. The molecule has 0 spiro atoms. The molecule has 0 aliphatic heterocycles. The molecule has 1 aromatic rings. The van der Waals surface area contributed by atoms with Crippen molar-refractivity contribution >= 4 is 24.5 Å². The summed E-state index contributed by atoms with van der Waals surface area (Å²) >= 11 is 1.72. The highest BCUT2D eigenvalue weighted by Crippen LogP contribution is 2.11. The first-order chi connectivity index (χ1) is 8.86. The van der Waals surface area contributed by atoms with E-state index in [0.29, 0.717) is 0 Å². The fourth-order valence-electron chi connectivity index (χ4n) is 1.41. The van der Waals surface area contributed by atoms with Crippen molar-refractivity contribution in [3.8, 4) is 0 Å². The Labute approximate surface area is 115 Å². The van der Waals surface area contributed by atoms with Crippen LogP contribution in [0.3, 0.4) is 0 Å². The van der Waals surface area contributed by atoms with E-state index >= 15 is 0 Å². The van der Waals surface area contributed by atoms with Gasteiger partial charge in [0, 0.05) is 18.1 Å². The van der Waals surface area contributed by atoms with Gasteiger partial charge in [-0.2, -0.15) is 0 Å². The fraction of sp³-hybridized carbons (Fsp3) is 0.571. The molecule has 2 nitrogen and oxygen atoms in total. The number of unbranched alkanes of at least 4 members (excludes halogenated alkanes) is 2. The Morgan fingerprint density at radius 2 is 1.83 bits per heavy atom. The monoisotopic (exact) mass is 266 g/mol. The standard InChI is InChI=1S/C14H23BO2S/c1-3-5-11-16-15(17-12-6-4-2)10-9-14-8-7-13-18-14/h7-10,13H,3-6,11-12H2,1-2H3/b10-9+. The van der Waals surface area contributed by atoms with Crippen LogP contribution in [0.2, 0.25) is 0 Å². The van der Waals surface area contributed by atoms with Gasteiger partial charge in [0.25, 0.3) is 0 Å². The van der Waals surface area contributed by atoms with Crippen molar-refractivity contribution in [2.45, 2.75) is 39.5 Å². The molecule has 1 heterocycles. The second kappa shape index (κ2) is 10.4. The van der Waals surface area contributed by atoms with Crippen molar-refractivity contribution in [3.05, 3.63) is 28.4 Å². The second-order valence-electron chi connectivity index (χ2n) is 4.19. The van der Waals surface area contributed by atoms with Crippen molar-refractivity contribution in [1.29, 1.82) is 0 Å². The van der Waals surface area contributed by atoms with Crippen LogP contribution in [0.25, 0.3) is 6.08 Å². The largest absolute Gasteiger partial charge is 0.486 e. The van der Waals surface area contributed by atoms with Crippen molar-refractivity contribution < 1.29 is 9.31 Å². The lowest BCUT2D eigenvalue weighted by atomic mass is 9.89. The minimum absolute atomic E-state index is 0.204. The lowest BCUT2D eigenvalue weighted by molar-refractivity contribution is 0.201. The van der Waals surface area contributed by atoms with Crippen LogP contribution in [-0.2, 0) is 9.31 Å². The fourth-order valence-corrected chi connectivity index (χ4v) is 2.03. The molecule has 0 fully saturated rings. The molecule has 0 N–H and O–H groups in total. The maximum Gasteiger partial charge on any atom is 0.486 e. The maximum atomic E-state index is 5.72. The molecule has 0 aliphatic rings. The summed E-state index contributed by atoms with van der Waals surface area (Å²) in [6, 6.07) is 4.14. The van der Waals surface area contributed by atoms with Gasteiger partial charge in [0.15, 0.2) is 0 Å². The summed E-state index contributed by atoms with van der Waals surface area (Å²) < 4.78 is 11.4. The molecule has 0 aromatic carbocycles. The lowest BCUT2D eigenvalue weighted by Crippen LogP contribution is -2.22. The molecule has 0 radical (unpaired) electrons. The Balaban J connectivity index is 2.37. The van der Waals surface area contributed by atoms with Crippen molar-refractivity contribution in [1.82, 2.24) is 0 Å². The molecule has 0 bridgehead atoms. The summed E-state index contributed by atoms with van der Waals surface area (Å²) in [7, 11) is -0.204. The third-order valence-electron chi connectivity index (χ3n) is 2.52. The van der Waals surface area contributed by atoms with Gasteiger partial charge < -0.3 is 9.31 Å². The Morgan fingerprint density at radius 3 is 2.33 bits per heavy atom. The molecule has 0 unspecified atom stereocenters. The topological polar surface area (TPSA) is 18.5 Å². The molecule has 0 atom stereocenters. The highest BCUT2D eigenvalue weighted by molar-refractivity contribution is 7.10. The SMILES string of the molecule is CCCCOB(/C=C/c1cccs1)OCCCC. The Bertz CT molecular complexity index is 302. The van der Waals surface area contributed by atoms with Crippen LogP contribution < -0.4 is 0 Å². The first kappa shape index (κ1) is 15.5. The quantitative estimate of drug-likeness (QED) is 0.461. The van der Waals surface area contributed by atoms with Gasteiger partial charge >= 0.3 is 7.12 Å². The smallest absolute Gasteiger partial charge is 0.408 e. The predicted octanol–water partition coefficient (Wildman–Crippen LogP) is 4.42. The van der Waals surface area contributed by atoms with Gasteiger partial charge in [0.1, 0.15) is 0 Å². The zero-order valence-electron chi connectivity index (χ0n) is 11.4. The summed E-state index contributed by atoms with van der Waals surface area (Å²) in [5, 5.41) is 2.07. The average molecular weight is 266 g/mol. The molecule has 100 valence electrons. The zero-order valence-corrected chi connectivity index (χ0v) is 12.2. The molecular formula is C14H23BO2S. The maximum absolute atomic E-state index is 5.72. The molecule has 4 heteroatoms. The van der Waals surface area contributed by atoms with E-state index in [1.807, 2.05) is 5.98 Å². The highest BCUT2D eigenvalue weighted by Gasteiger charge is 2.13. The van der Waals surface area contributed by atoms with Gasteiger partial charge in [-0.1, -0.05) is 44.8 Å². The van der Waals surface area contributed by atoms with Crippen molar-refractivity contribution in [2.24, 2.45) is 0 Å². The molecule has 1 rings (SSSR count). The molecule has 18 heavy (non-hydrogen) atoms. The number of thiophene rings is 1. The Kier molecular flexibility index (Phi) is 8.91. The lowest BCUT2D eigenvalue weighted by Gasteiger charge is -2.10. The van der Waals surface area contributed by atoms with E-state index in [0.717, 1.165) is 38.9 Å². The summed E-state index contributed by atoms with van der Waals surface area (Å²) in [6.07, 6.45) is 6.54. The normalized spacial score (nSPS) is 11.2. The molecule has 0 amide bonds. The summed E-state index contributed by atoms with van der Waals surface area (Å²) in [5.74, 6) is 2.01. The van der Waals surface area contributed by atoms with Crippen LogP contribution in [0.1, 0.15) is 44.4 Å². The summed E-state index contributed by atoms with van der Waals surface area (Å²) in [5.41, 5.74) is 0. The predicted molar refractivity (Wildman–Crippen MR) is 80.8 cm³/mol. The highest BCUT2D eigenvalue weighted by atomic mass is 32.1. The molecular weight excluding hydrogens is 243 g/mol. The Morgan fingerprint density at radius 1 is 1.17 bits per heavy atom. The van der Waals surface area contributed by atoms with Gasteiger partial charge in [-0.3, -0.25) is 0 Å². The van der Waals surface area contributed by atoms with Gasteiger partial charge in [0.2, 0.25) is 0 Å². The third-order valence-corrected chi connectivity index (χ3v) is 3.36. The van der Waals surface area contributed by atoms with E-state index in [-0.39, 0.29) is 7.12 Å². The van der Waals surface area contributed by atoms with Crippen molar-refractivity contribution in [2.75, 3.05) is 13.2 Å². The van der Waals surface area contributed by atoms with Crippen LogP contribution in [0, 0.1) is 0 Å². The van der Waals surface area contributed by atoms with E-state index in [9.17, 15) is 0 Å². The number of rotatable bonds is 10.